The lowest BCUT2D eigenvalue weighted by molar-refractivity contribution is -0.384. The van der Waals surface area contributed by atoms with Gasteiger partial charge in [0.05, 0.1) is 39.7 Å². The number of anilines is 2. The third-order valence-corrected chi connectivity index (χ3v) is 17.5. The maximum absolute atomic E-state index is 14.7. The first-order chi connectivity index (χ1) is 35.9. The molecule has 16 nitrogen and oxygen atoms in total. The van der Waals surface area contributed by atoms with Gasteiger partial charge in [0.1, 0.15) is 34.4 Å². The Bertz CT molecular complexity index is 3210. The second kappa shape index (κ2) is 20.8. The van der Waals surface area contributed by atoms with Crippen LogP contribution < -0.4 is 24.4 Å². The zero-order valence-electron chi connectivity index (χ0n) is 43.3. The number of sulfonamides is 1. The molecule has 1 spiro atoms. The van der Waals surface area contributed by atoms with Crippen LogP contribution in [0.5, 0.6) is 17.2 Å². The first-order valence-electron chi connectivity index (χ1n) is 26.1. The van der Waals surface area contributed by atoms with E-state index < -0.39 is 42.9 Å². The fourth-order valence-electron chi connectivity index (χ4n) is 12.0. The van der Waals surface area contributed by atoms with Crippen molar-refractivity contribution in [3.05, 3.63) is 141 Å². The lowest BCUT2D eigenvalue weighted by Crippen LogP contribution is -2.68. The highest BCUT2D eigenvalue weighted by Gasteiger charge is 2.55. The van der Waals surface area contributed by atoms with Gasteiger partial charge in [0, 0.05) is 87.3 Å². The number of ether oxygens (including phenoxy) is 2. The molecular formula is C57H67FN8O8S. The Balaban J connectivity index is 0.848. The van der Waals surface area contributed by atoms with Gasteiger partial charge in [-0.15, -0.1) is 0 Å². The van der Waals surface area contributed by atoms with Gasteiger partial charge in [0.2, 0.25) is 0 Å². The van der Waals surface area contributed by atoms with E-state index in [-0.39, 0.29) is 45.5 Å². The van der Waals surface area contributed by atoms with Crippen molar-refractivity contribution in [2.24, 2.45) is 11.3 Å². The highest BCUT2D eigenvalue weighted by molar-refractivity contribution is 7.90. The van der Waals surface area contributed by atoms with E-state index in [0.717, 1.165) is 88.9 Å². The molecule has 2 saturated heterocycles. The lowest BCUT2D eigenvalue weighted by atomic mass is 9.59. The van der Waals surface area contributed by atoms with E-state index >= 15 is 0 Å². The number of carbonyl (C=O) groups is 1. The van der Waals surface area contributed by atoms with Crippen LogP contribution >= 0.6 is 0 Å². The normalized spacial score (nSPS) is 21.2. The van der Waals surface area contributed by atoms with Gasteiger partial charge in [-0.25, -0.2) is 22.5 Å². The largest absolute Gasteiger partial charge is 0.496 e. The summed E-state index contributed by atoms with van der Waals surface area (Å²) >= 11 is 0. The van der Waals surface area contributed by atoms with Gasteiger partial charge < -0.3 is 29.8 Å². The standard InChI is InChI=1S/C57H67FN8O8S/c1-6-39-12-11-38(23-52(39)73-5)32-63-21-22-65(51(33-63)45-10-8-7-9-44(45)36(2)3)41-27-57(28-41)34-64(35-57)40-13-15-46(53(24-40)74-42-25-47-48(58)31-61-54(47)60-30-42)55(67)62-75(71,72)43-14-16-49(50(26-43)66(69)70)59-29-37-17-19-56(4,68)20-18-37/h7-16,23-26,30-31,36-37,41,51,59,68H,6,17-22,27-29,32-35H2,1-5H3,(H,60,61)(H,62,67)/t37-,51-,56-/m0/s1. The Labute approximate surface area is 437 Å². The number of benzene rings is 4. The number of H-pyrrole nitrogens is 1. The number of pyridine rings is 1. The minimum Gasteiger partial charge on any atom is -0.496 e. The Kier molecular flexibility index (Phi) is 14.4. The number of fused-ring (bicyclic) bond motifs is 1. The van der Waals surface area contributed by atoms with Crippen molar-refractivity contribution in [2.75, 3.05) is 56.6 Å². The number of rotatable bonds is 17. The number of aromatic amines is 1. The van der Waals surface area contributed by atoms with Crippen LogP contribution in [0.15, 0.2) is 102 Å². The fourth-order valence-corrected chi connectivity index (χ4v) is 12.9. The number of hydrogen-bond acceptors (Lipinski definition) is 13. The van der Waals surface area contributed by atoms with Crippen LogP contribution in [0.1, 0.15) is 111 Å². The molecule has 75 heavy (non-hydrogen) atoms. The Morgan fingerprint density at radius 1 is 1.01 bits per heavy atom. The number of nitrogens with one attached hydrogen (secondary N) is 3. The summed E-state index contributed by atoms with van der Waals surface area (Å²) < 4.78 is 56.5. The van der Waals surface area contributed by atoms with Crippen LogP contribution in [-0.2, 0) is 23.0 Å². The van der Waals surface area contributed by atoms with Crippen LogP contribution in [0.2, 0.25) is 0 Å². The van der Waals surface area contributed by atoms with Crippen molar-refractivity contribution in [3.63, 3.8) is 0 Å². The summed E-state index contributed by atoms with van der Waals surface area (Å²) in [5, 5.41) is 25.8. The number of halogens is 1. The molecule has 1 amide bonds. The molecule has 1 atom stereocenters. The molecule has 0 bridgehead atoms. The summed E-state index contributed by atoms with van der Waals surface area (Å²) in [5.41, 5.74) is 5.21. The maximum Gasteiger partial charge on any atom is 0.293 e. The van der Waals surface area contributed by atoms with E-state index in [0.29, 0.717) is 37.0 Å². The van der Waals surface area contributed by atoms with Crippen LogP contribution in [-0.4, -0.2) is 102 Å². The molecule has 4 aliphatic rings. The maximum atomic E-state index is 14.7. The van der Waals surface area contributed by atoms with Crippen molar-refractivity contribution in [1.29, 1.82) is 0 Å². The quantitative estimate of drug-likeness (QED) is 0.0498. The van der Waals surface area contributed by atoms with Gasteiger partial charge in [-0.05, 0) is 122 Å². The molecule has 2 aromatic heterocycles. The summed E-state index contributed by atoms with van der Waals surface area (Å²) in [4.78, 5) is 39.8. The van der Waals surface area contributed by atoms with Crippen LogP contribution in [0.4, 0.5) is 21.5 Å². The van der Waals surface area contributed by atoms with Gasteiger partial charge in [-0.2, -0.15) is 0 Å². The molecule has 4 fully saturated rings. The first-order valence-corrected chi connectivity index (χ1v) is 27.6. The summed E-state index contributed by atoms with van der Waals surface area (Å²) in [6.07, 6.45) is 8.28. The fraction of sp³-hybridized carbons (Fsp3) is 0.439. The third-order valence-electron chi connectivity index (χ3n) is 16.2. The molecule has 4 N–H and O–H groups in total. The van der Waals surface area contributed by atoms with E-state index in [1.165, 1.54) is 58.9 Å². The Morgan fingerprint density at radius 2 is 1.79 bits per heavy atom. The van der Waals surface area contributed by atoms with E-state index in [9.17, 15) is 32.8 Å². The predicted molar refractivity (Wildman–Crippen MR) is 287 cm³/mol. The van der Waals surface area contributed by atoms with Crippen LogP contribution in [0.3, 0.4) is 0 Å². The van der Waals surface area contributed by atoms with Crippen LogP contribution in [0.25, 0.3) is 11.0 Å². The zero-order chi connectivity index (χ0) is 52.8. The number of nitrogens with zero attached hydrogens (tertiary/aromatic N) is 5. The summed E-state index contributed by atoms with van der Waals surface area (Å²) in [6.45, 7) is 14.1. The molecule has 10 rings (SSSR count). The molecule has 0 unspecified atom stereocenters. The van der Waals surface area contributed by atoms with E-state index in [2.05, 4.69) is 97.9 Å². The highest BCUT2D eigenvalue weighted by Crippen LogP contribution is 2.54. The SMILES string of the molecule is CCc1ccc(CN2CCN(C3CC4(C3)CN(c3ccc(C(=O)NS(=O)(=O)c5ccc(NC[C@H]6CC[C@](C)(O)CC6)c([N+](=O)[O-])c5)c(Oc5cnc6[nH]cc(F)c6c5)c3)C4)[C@H](c3ccccc3C(C)C)C2)cc1OC. The number of carbonyl (C=O) groups excluding carboxylic acids is 1. The smallest absolute Gasteiger partial charge is 0.293 e. The first kappa shape index (κ1) is 51.9. The van der Waals surface area contributed by atoms with Crippen molar-refractivity contribution >= 4 is 44.0 Å². The molecule has 4 heterocycles. The molecule has 2 aliphatic heterocycles. The summed E-state index contributed by atoms with van der Waals surface area (Å²) in [6, 6.07) is 26.0. The minimum absolute atomic E-state index is 0.0174. The predicted octanol–water partition coefficient (Wildman–Crippen LogP) is 10.1. The number of hydrogen-bond donors (Lipinski definition) is 4. The number of nitro groups is 1. The van der Waals surface area contributed by atoms with Gasteiger partial charge in [-0.3, -0.25) is 24.7 Å². The van der Waals surface area contributed by atoms with Crippen molar-refractivity contribution < 1.29 is 37.1 Å². The molecule has 6 aromatic rings. The number of nitro benzene ring substituents is 1. The van der Waals surface area contributed by atoms with Gasteiger partial charge in [0.25, 0.3) is 21.6 Å². The average Bonchev–Trinajstić information content (AvgIpc) is 3.75. The number of piperazine rings is 1. The summed E-state index contributed by atoms with van der Waals surface area (Å²) in [7, 11) is -2.90. The lowest BCUT2D eigenvalue weighted by Gasteiger charge is -2.63. The van der Waals surface area contributed by atoms with Crippen LogP contribution in [0, 0.1) is 27.3 Å². The van der Waals surface area contributed by atoms with E-state index in [1.54, 1.807) is 26.2 Å². The molecular weight excluding hydrogens is 976 g/mol. The van der Waals surface area contributed by atoms with E-state index in [4.69, 9.17) is 9.47 Å². The van der Waals surface area contributed by atoms with Gasteiger partial charge >= 0.3 is 0 Å². The Morgan fingerprint density at radius 3 is 2.52 bits per heavy atom. The average molecular weight is 1040 g/mol. The Hall–Kier alpha value is -6.60. The van der Waals surface area contributed by atoms with Gasteiger partial charge in [-0.1, -0.05) is 57.2 Å². The zero-order valence-corrected chi connectivity index (χ0v) is 44.1. The number of aromatic nitrogens is 2. The molecule has 0 radical (unpaired) electrons. The molecule has 396 valence electrons. The second-order valence-electron chi connectivity index (χ2n) is 21.9. The van der Waals surface area contributed by atoms with Crippen molar-refractivity contribution in [2.45, 2.75) is 108 Å². The van der Waals surface area contributed by atoms with E-state index in [1.807, 2.05) is 0 Å². The molecule has 2 aliphatic carbocycles. The van der Waals surface area contributed by atoms with Crippen molar-refractivity contribution in [1.82, 2.24) is 24.5 Å². The monoisotopic (exact) mass is 1040 g/mol. The second-order valence-corrected chi connectivity index (χ2v) is 23.6. The van der Waals surface area contributed by atoms with Gasteiger partial charge in [0.15, 0.2) is 0 Å². The molecule has 2 saturated carbocycles. The molecule has 4 aromatic carbocycles. The topological polar surface area (TPSA) is 196 Å². The molecule has 18 heteroatoms. The third kappa shape index (κ3) is 10.9. The number of aryl methyl sites for hydroxylation is 1. The minimum atomic E-state index is -4.65. The number of aliphatic hydroxyl groups is 1. The highest BCUT2D eigenvalue weighted by atomic mass is 32.2. The number of amides is 1. The summed E-state index contributed by atoms with van der Waals surface area (Å²) in [5.74, 6) is 0.0692. The van der Waals surface area contributed by atoms with Crippen molar-refractivity contribution in [3.8, 4) is 17.2 Å². The number of methoxy groups -OCH3 is 1.